The molecule has 3 aliphatic rings. The Bertz CT molecular complexity index is 1000. The minimum Gasteiger partial charge on any atom is -0.358 e. The molecular formula is C25H38N4O4S. The van der Waals surface area contributed by atoms with Gasteiger partial charge < -0.3 is 10.2 Å². The van der Waals surface area contributed by atoms with E-state index in [0.717, 1.165) is 57.2 Å². The molecule has 1 saturated carbocycles. The predicted molar refractivity (Wildman–Crippen MR) is 134 cm³/mol. The summed E-state index contributed by atoms with van der Waals surface area (Å²) < 4.78 is 27.8. The molecule has 4 rings (SSSR count). The topological polar surface area (TPSA) is 90.0 Å². The fourth-order valence-electron chi connectivity index (χ4n) is 5.61. The Morgan fingerprint density at radius 1 is 1.00 bits per heavy atom. The first kappa shape index (κ1) is 25.0. The minimum atomic E-state index is -3.68. The van der Waals surface area contributed by atoms with E-state index in [1.807, 2.05) is 19.9 Å². The highest BCUT2D eigenvalue weighted by molar-refractivity contribution is 7.89. The first-order valence-corrected chi connectivity index (χ1v) is 14.3. The van der Waals surface area contributed by atoms with E-state index in [-0.39, 0.29) is 35.3 Å². The number of hydrogen-bond acceptors (Lipinski definition) is 5. The van der Waals surface area contributed by atoms with Gasteiger partial charge >= 0.3 is 0 Å². The number of carbonyl (C=O) groups excluding carboxylic acids is 2. The van der Waals surface area contributed by atoms with Gasteiger partial charge in [-0.25, -0.2) is 8.42 Å². The maximum absolute atomic E-state index is 13.6. The lowest BCUT2D eigenvalue weighted by molar-refractivity contribution is -0.125. The van der Waals surface area contributed by atoms with E-state index in [2.05, 4.69) is 10.2 Å². The zero-order chi connectivity index (χ0) is 24.3. The van der Waals surface area contributed by atoms with Gasteiger partial charge in [0.15, 0.2) is 0 Å². The molecule has 9 heteroatoms. The monoisotopic (exact) mass is 490 g/mol. The molecule has 2 aliphatic heterocycles. The normalized spacial score (nSPS) is 21.7. The second-order valence-corrected chi connectivity index (χ2v) is 11.6. The molecule has 34 heavy (non-hydrogen) atoms. The number of sulfonamides is 1. The molecule has 1 N–H and O–H groups in total. The smallest absolute Gasteiger partial charge is 0.250 e. The maximum Gasteiger partial charge on any atom is 0.250 e. The van der Waals surface area contributed by atoms with Gasteiger partial charge in [-0.3, -0.25) is 14.5 Å². The number of benzene rings is 1. The van der Waals surface area contributed by atoms with Crippen molar-refractivity contribution in [1.82, 2.24) is 9.62 Å². The molecule has 1 aromatic rings. The van der Waals surface area contributed by atoms with Gasteiger partial charge in [-0.1, -0.05) is 39.5 Å². The molecular weight excluding hydrogens is 452 g/mol. The predicted octanol–water partition coefficient (Wildman–Crippen LogP) is 3.26. The van der Waals surface area contributed by atoms with Crippen molar-refractivity contribution >= 4 is 33.2 Å². The van der Waals surface area contributed by atoms with E-state index >= 15 is 0 Å². The van der Waals surface area contributed by atoms with Gasteiger partial charge in [0.25, 0.3) is 0 Å². The number of fused-ring (bicyclic) bond motifs is 3. The third kappa shape index (κ3) is 4.96. The van der Waals surface area contributed by atoms with E-state index in [9.17, 15) is 18.0 Å². The molecule has 188 valence electrons. The van der Waals surface area contributed by atoms with E-state index in [1.165, 1.54) is 22.0 Å². The fourth-order valence-corrected chi connectivity index (χ4v) is 7.09. The van der Waals surface area contributed by atoms with Crippen molar-refractivity contribution < 1.29 is 18.0 Å². The van der Waals surface area contributed by atoms with Crippen LogP contribution in [0.1, 0.15) is 71.6 Å². The van der Waals surface area contributed by atoms with Gasteiger partial charge in [-0.15, -0.1) is 0 Å². The van der Waals surface area contributed by atoms with Crippen molar-refractivity contribution in [3.63, 3.8) is 0 Å². The molecule has 2 amide bonds. The zero-order valence-corrected chi connectivity index (χ0v) is 21.3. The van der Waals surface area contributed by atoms with Gasteiger partial charge in [-0.05, 0) is 50.3 Å². The van der Waals surface area contributed by atoms with Crippen LogP contribution in [-0.4, -0.2) is 62.8 Å². The van der Waals surface area contributed by atoms with Gasteiger partial charge in [0.1, 0.15) is 12.6 Å². The van der Waals surface area contributed by atoms with E-state index in [4.69, 9.17) is 0 Å². The van der Waals surface area contributed by atoms with Crippen LogP contribution in [0.4, 0.5) is 11.4 Å². The van der Waals surface area contributed by atoms with Crippen molar-refractivity contribution in [2.45, 2.75) is 88.6 Å². The zero-order valence-electron chi connectivity index (χ0n) is 20.5. The van der Waals surface area contributed by atoms with Crippen LogP contribution in [0.3, 0.4) is 0 Å². The average Bonchev–Trinajstić information content (AvgIpc) is 3.10. The Kier molecular flexibility index (Phi) is 7.82. The minimum absolute atomic E-state index is 0.0819. The molecule has 0 spiro atoms. The first-order valence-electron chi connectivity index (χ1n) is 12.9. The highest BCUT2D eigenvalue weighted by Gasteiger charge is 2.41. The van der Waals surface area contributed by atoms with Crippen LogP contribution in [0.5, 0.6) is 0 Å². The van der Waals surface area contributed by atoms with Gasteiger partial charge in [0, 0.05) is 25.7 Å². The van der Waals surface area contributed by atoms with Crippen molar-refractivity contribution in [2.24, 2.45) is 0 Å². The van der Waals surface area contributed by atoms with Crippen LogP contribution < -0.4 is 15.1 Å². The van der Waals surface area contributed by atoms with Crippen molar-refractivity contribution in [3.8, 4) is 0 Å². The van der Waals surface area contributed by atoms with Crippen LogP contribution in [-0.2, 0) is 19.6 Å². The highest BCUT2D eigenvalue weighted by atomic mass is 32.2. The summed E-state index contributed by atoms with van der Waals surface area (Å²) in [4.78, 5) is 30.4. The third-order valence-corrected chi connectivity index (χ3v) is 9.51. The quantitative estimate of drug-likeness (QED) is 0.593. The number of anilines is 2. The second-order valence-electron chi connectivity index (χ2n) is 9.63. The Hall–Kier alpha value is -2.13. The Labute approximate surface area is 203 Å². The van der Waals surface area contributed by atoms with Crippen LogP contribution in [0, 0.1) is 0 Å². The summed E-state index contributed by atoms with van der Waals surface area (Å²) in [6.07, 6.45) is 9.28. The SMILES string of the molecule is CCN(CC)S(=O)(=O)c1ccc2c(c1)N(CC(=O)NC1CCCCCC1)C(=O)[C@H]1CCCCN21. The number of piperidine rings is 1. The summed E-state index contributed by atoms with van der Waals surface area (Å²) >= 11 is 0. The molecule has 2 heterocycles. The summed E-state index contributed by atoms with van der Waals surface area (Å²) in [7, 11) is -3.68. The van der Waals surface area contributed by atoms with E-state index in [0.29, 0.717) is 18.8 Å². The van der Waals surface area contributed by atoms with Crippen molar-refractivity contribution in [3.05, 3.63) is 18.2 Å². The number of nitrogens with zero attached hydrogens (tertiary/aromatic N) is 3. The molecule has 0 unspecified atom stereocenters. The largest absolute Gasteiger partial charge is 0.358 e. The second kappa shape index (κ2) is 10.6. The Balaban J connectivity index is 1.66. The van der Waals surface area contributed by atoms with Gasteiger partial charge in [-0.2, -0.15) is 4.31 Å². The molecule has 1 aliphatic carbocycles. The summed E-state index contributed by atoms with van der Waals surface area (Å²) in [6, 6.07) is 4.89. The Morgan fingerprint density at radius 2 is 1.68 bits per heavy atom. The number of carbonyl (C=O) groups is 2. The average molecular weight is 491 g/mol. The summed E-state index contributed by atoms with van der Waals surface area (Å²) in [5.41, 5.74) is 1.36. The fraction of sp³-hybridized carbons (Fsp3) is 0.680. The summed E-state index contributed by atoms with van der Waals surface area (Å²) in [5, 5.41) is 3.14. The van der Waals surface area contributed by atoms with Gasteiger partial charge in [0.2, 0.25) is 21.8 Å². The lowest BCUT2D eigenvalue weighted by atomic mass is 9.96. The lowest BCUT2D eigenvalue weighted by Crippen LogP contribution is -2.57. The number of nitrogens with one attached hydrogen (secondary N) is 1. The number of amides is 2. The van der Waals surface area contributed by atoms with Gasteiger partial charge in [0.05, 0.1) is 16.3 Å². The molecule has 2 fully saturated rings. The van der Waals surface area contributed by atoms with Crippen molar-refractivity contribution in [2.75, 3.05) is 36.0 Å². The molecule has 1 aromatic carbocycles. The van der Waals surface area contributed by atoms with Crippen LogP contribution in [0.25, 0.3) is 0 Å². The molecule has 8 nitrogen and oxygen atoms in total. The van der Waals surface area contributed by atoms with Crippen molar-refractivity contribution in [1.29, 1.82) is 0 Å². The van der Waals surface area contributed by atoms with Crippen LogP contribution >= 0.6 is 0 Å². The number of rotatable bonds is 7. The molecule has 0 radical (unpaired) electrons. The molecule has 1 atom stereocenters. The molecule has 0 aromatic heterocycles. The maximum atomic E-state index is 13.6. The highest BCUT2D eigenvalue weighted by Crippen LogP contribution is 2.41. The summed E-state index contributed by atoms with van der Waals surface area (Å²) in [5.74, 6) is -0.284. The number of hydrogen-bond donors (Lipinski definition) is 1. The first-order chi connectivity index (χ1) is 16.4. The standard InChI is InChI=1S/C25H38N4O4S/c1-3-27(4-2)34(32,33)20-14-15-21-23(17-20)29(25(31)22-13-9-10-16-28(21)22)18-24(30)26-19-11-7-5-6-8-12-19/h14-15,17,19,22H,3-13,16,18H2,1-2H3,(H,26,30)/t22-/m1/s1. The van der Waals surface area contributed by atoms with Crippen LogP contribution in [0.2, 0.25) is 0 Å². The van der Waals surface area contributed by atoms with E-state index < -0.39 is 10.0 Å². The lowest BCUT2D eigenvalue weighted by Gasteiger charge is -2.45. The van der Waals surface area contributed by atoms with Crippen LogP contribution in [0.15, 0.2) is 23.1 Å². The Morgan fingerprint density at radius 3 is 2.35 bits per heavy atom. The molecule has 0 bridgehead atoms. The van der Waals surface area contributed by atoms with E-state index in [1.54, 1.807) is 12.1 Å². The molecule has 1 saturated heterocycles. The summed E-state index contributed by atoms with van der Waals surface area (Å²) in [6.45, 7) is 5.04. The third-order valence-electron chi connectivity index (χ3n) is 7.47.